The van der Waals surface area contributed by atoms with Crippen LogP contribution in [-0.4, -0.2) is 20.0 Å². The van der Waals surface area contributed by atoms with Crippen molar-refractivity contribution in [1.82, 2.24) is 0 Å². The first-order valence-corrected chi connectivity index (χ1v) is 7.31. The van der Waals surface area contributed by atoms with Crippen LogP contribution in [0.3, 0.4) is 0 Å². The Morgan fingerprint density at radius 1 is 1.00 bits per heavy atom. The highest BCUT2D eigenvalue weighted by Crippen LogP contribution is 2.18. The number of hydrogen-bond donors (Lipinski definition) is 0. The molecular weight excluding hydrogens is 286 g/mol. The maximum Gasteiger partial charge on any atom is 0.188 e. The van der Waals surface area contributed by atoms with Crippen molar-refractivity contribution in [2.24, 2.45) is 0 Å². The summed E-state index contributed by atoms with van der Waals surface area (Å²) < 4.78 is 50.2. The molecule has 0 amide bonds. The molecule has 0 spiro atoms. The molecule has 0 radical (unpaired) electrons. The average molecular weight is 296 g/mol. The number of halogens is 2. The minimum Gasteiger partial charge on any atom is -0.293 e. The lowest BCUT2D eigenvalue weighted by molar-refractivity contribution is 0.102. The number of rotatable bonds is 4. The molecule has 104 valence electrons. The third-order valence-corrected chi connectivity index (χ3v) is 4.29. The molecule has 0 saturated carbocycles. The molecule has 0 heterocycles. The van der Waals surface area contributed by atoms with Gasteiger partial charge in [0.2, 0.25) is 0 Å². The first-order valence-electron chi connectivity index (χ1n) is 5.66. The number of ketones is 1. The van der Waals surface area contributed by atoms with Crippen LogP contribution in [0.5, 0.6) is 0 Å². The normalized spacial score (nSPS) is 11.3. The summed E-state index contributed by atoms with van der Waals surface area (Å²) in [5.74, 6) is -3.59. The summed E-state index contributed by atoms with van der Waals surface area (Å²) in [7, 11) is -4.15. The highest BCUT2D eigenvalue weighted by atomic mass is 32.2. The van der Waals surface area contributed by atoms with Gasteiger partial charge in [0.1, 0.15) is 22.3 Å². The van der Waals surface area contributed by atoms with Crippen LogP contribution in [0, 0.1) is 11.6 Å². The summed E-state index contributed by atoms with van der Waals surface area (Å²) in [6, 6.07) is 9.94. The molecular formula is C14H10F2O3S. The monoisotopic (exact) mass is 296 g/mol. The SMILES string of the molecule is O=C(CS(=O)(=O)c1ccc(F)cc1F)c1ccccc1. The van der Waals surface area contributed by atoms with Gasteiger partial charge < -0.3 is 0 Å². The second-order valence-electron chi connectivity index (χ2n) is 4.12. The van der Waals surface area contributed by atoms with Crippen LogP contribution >= 0.6 is 0 Å². The molecule has 0 unspecified atom stereocenters. The molecule has 0 aliphatic heterocycles. The van der Waals surface area contributed by atoms with Crippen LogP contribution in [0.2, 0.25) is 0 Å². The van der Waals surface area contributed by atoms with E-state index in [-0.39, 0.29) is 5.56 Å². The molecule has 0 aliphatic rings. The Morgan fingerprint density at radius 3 is 2.25 bits per heavy atom. The van der Waals surface area contributed by atoms with Crippen molar-refractivity contribution in [3.63, 3.8) is 0 Å². The standard InChI is InChI=1S/C14H10F2O3S/c15-11-6-7-14(12(16)8-11)20(18,19)9-13(17)10-4-2-1-3-5-10/h1-8H,9H2. The molecule has 2 rings (SSSR count). The van der Waals surface area contributed by atoms with Crippen molar-refractivity contribution >= 4 is 15.6 Å². The summed E-state index contributed by atoms with van der Waals surface area (Å²) in [6.07, 6.45) is 0. The maximum absolute atomic E-state index is 13.5. The molecule has 0 atom stereocenters. The lowest BCUT2D eigenvalue weighted by Crippen LogP contribution is -2.17. The number of sulfone groups is 1. The molecule has 3 nitrogen and oxygen atoms in total. The molecule has 2 aromatic carbocycles. The molecule has 0 saturated heterocycles. The van der Waals surface area contributed by atoms with Gasteiger partial charge >= 0.3 is 0 Å². The van der Waals surface area contributed by atoms with Gasteiger partial charge in [-0.05, 0) is 12.1 Å². The predicted molar refractivity (Wildman–Crippen MR) is 69.2 cm³/mol. The summed E-state index contributed by atoms with van der Waals surface area (Å²) >= 11 is 0. The van der Waals surface area contributed by atoms with E-state index < -0.39 is 37.9 Å². The van der Waals surface area contributed by atoms with Crippen molar-refractivity contribution in [3.05, 3.63) is 65.7 Å². The van der Waals surface area contributed by atoms with Gasteiger partial charge in [-0.3, -0.25) is 4.79 Å². The maximum atomic E-state index is 13.5. The Morgan fingerprint density at radius 2 is 1.65 bits per heavy atom. The lowest BCUT2D eigenvalue weighted by atomic mass is 10.2. The van der Waals surface area contributed by atoms with Crippen molar-refractivity contribution in [2.45, 2.75) is 4.90 Å². The molecule has 0 fully saturated rings. The predicted octanol–water partition coefficient (Wildman–Crippen LogP) is 2.62. The highest BCUT2D eigenvalue weighted by Gasteiger charge is 2.23. The first kappa shape index (κ1) is 14.3. The van der Waals surface area contributed by atoms with Gasteiger partial charge in [0.15, 0.2) is 15.6 Å². The number of benzene rings is 2. The van der Waals surface area contributed by atoms with Crippen LogP contribution in [0.4, 0.5) is 8.78 Å². The third-order valence-electron chi connectivity index (χ3n) is 2.65. The smallest absolute Gasteiger partial charge is 0.188 e. The van der Waals surface area contributed by atoms with Crippen LogP contribution in [0.25, 0.3) is 0 Å². The summed E-state index contributed by atoms with van der Waals surface area (Å²) in [5.41, 5.74) is 0.221. The Kier molecular flexibility index (Phi) is 3.94. The minimum atomic E-state index is -4.15. The Hall–Kier alpha value is -2.08. The van der Waals surface area contributed by atoms with E-state index in [2.05, 4.69) is 0 Å². The molecule has 2 aromatic rings. The van der Waals surface area contributed by atoms with E-state index in [0.717, 1.165) is 12.1 Å². The van der Waals surface area contributed by atoms with E-state index >= 15 is 0 Å². The molecule has 0 bridgehead atoms. The fraction of sp³-hybridized carbons (Fsp3) is 0.0714. The summed E-state index contributed by atoms with van der Waals surface area (Å²) in [4.78, 5) is 11.2. The average Bonchev–Trinajstić information content (AvgIpc) is 2.38. The lowest BCUT2D eigenvalue weighted by Gasteiger charge is -2.05. The molecule has 6 heteroatoms. The van der Waals surface area contributed by atoms with Gasteiger partial charge in [0.05, 0.1) is 0 Å². The van der Waals surface area contributed by atoms with Crippen molar-refractivity contribution < 1.29 is 22.0 Å². The van der Waals surface area contributed by atoms with Crippen molar-refractivity contribution in [2.75, 3.05) is 5.75 Å². The number of Topliss-reactive ketones (excluding diaryl/α,β-unsaturated/α-hetero) is 1. The zero-order chi connectivity index (χ0) is 14.8. The fourth-order valence-electron chi connectivity index (χ4n) is 1.69. The van der Waals surface area contributed by atoms with Gasteiger partial charge in [0.25, 0.3) is 0 Å². The van der Waals surface area contributed by atoms with Crippen LogP contribution in [0.15, 0.2) is 53.4 Å². The van der Waals surface area contributed by atoms with E-state index in [1.165, 1.54) is 12.1 Å². The van der Waals surface area contributed by atoms with E-state index in [4.69, 9.17) is 0 Å². The van der Waals surface area contributed by atoms with E-state index in [0.29, 0.717) is 6.07 Å². The largest absolute Gasteiger partial charge is 0.293 e. The Balaban J connectivity index is 2.30. The Bertz CT molecular complexity index is 740. The fourth-order valence-corrected chi connectivity index (χ4v) is 2.98. The van der Waals surface area contributed by atoms with Crippen LogP contribution < -0.4 is 0 Å². The second kappa shape index (κ2) is 5.50. The zero-order valence-electron chi connectivity index (χ0n) is 10.2. The van der Waals surface area contributed by atoms with E-state index in [9.17, 15) is 22.0 Å². The second-order valence-corrected chi connectivity index (χ2v) is 6.08. The van der Waals surface area contributed by atoms with Gasteiger partial charge in [-0.15, -0.1) is 0 Å². The third kappa shape index (κ3) is 3.08. The topological polar surface area (TPSA) is 51.2 Å². The van der Waals surface area contributed by atoms with Crippen molar-refractivity contribution in [3.8, 4) is 0 Å². The molecule has 20 heavy (non-hydrogen) atoms. The molecule has 0 aromatic heterocycles. The number of hydrogen-bond acceptors (Lipinski definition) is 3. The van der Waals surface area contributed by atoms with Gasteiger partial charge in [-0.25, -0.2) is 17.2 Å². The zero-order valence-corrected chi connectivity index (χ0v) is 11.0. The summed E-state index contributed by atoms with van der Waals surface area (Å²) in [5, 5.41) is 0. The quantitative estimate of drug-likeness (QED) is 0.644. The number of carbonyl (C=O) groups is 1. The van der Waals surface area contributed by atoms with E-state index in [1.54, 1.807) is 18.2 Å². The van der Waals surface area contributed by atoms with Gasteiger partial charge in [-0.1, -0.05) is 30.3 Å². The molecule has 0 aliphatic carbocycles. The van der Waals surface area contributed by atoms with Gasteiger partial charge in [-0.2, -0.15) is 0 Å². The van der Waals surface area contributed by atoms with Crippen LogP contribution in [-0.2, 0) is 9.84 Å². The van der Waals surface area contributed by atoms with E-state index in [1.807, 2.05) is 0 Å². The summed E-state index contributed by atoms with van der Waals surface area (Å²) in [6.45, 7) is 0. The van der Waals surface area contributed by atoms with Gasteiger partial charge in [0, 0.05) is 11.6 Å². The molecule has 0 N–H and O–H groups in total. The van der Waals surface area contributed by atoms with Crippen LogP contribution in [0.1, 0.15) is 10.4 Å². The number of carbonyl (C=O) groups excluding carboxylic acids is 1. The van der Waals surface area contributed by atoms with Crippen molar-refractivity contribution in [1.29, 1.82) is 0 Å². The highest BCUT2D eigenvalue weighted by molar-refractivity contribution is 7.92. The first-order chi connectivity index (χ1) is 9.40. The Labute approximate surface area is 114 Å². The minimum absolute atomic E-state index is 0.221.